The predicted octanol–water partition coefficient (Wildman–Crippen LogP) is 3.55. The lowest BCUT2D eigenvalue weighted by atomic mass is 10.0. The molecule has 0 spiro atoms. The Kier molecular flexibility index (Phi) is 4.43. The third kappa shape index (κ3) is 3.70. The number of aryl methyl sites for hydroxylation is 3. The number of thiophene rings is 1. The van der Waals surface area contributed by atoms with Gasteiger partial charge in [-0.2, -0.15) is 0 Å². The highest BCUT2D eigenvalue weighted by Gasteiger charge is 2.13. The molecule has 0 atom stereocenters. The normalized spacial score (nSPS) is 10.4. The van der Waals surface area contributed by atoms with Crippen molar-refractivity contribution >= 4 is 28.9 Å². The minimum absolute atomic E-state index is 0.139. The largest absolute Gasteiger partial charge is 0.478 e. The van der Waals surface area contributed by atoms with E-state index in [1.54, 1.807) is 24.3 Å². The molecule has 0 bridgehead atoms. The van der Waals surface area contributed by atoms with Gasteiger partial charge in [0.15, 0.2) is 0 Å². The van der Waals surface area contributed by atoms with Crippen LogP contribution < -0.4 is 5.32 Å². The van der Waals surface area contributed by atoms with Gasteiger partial charge in [-0.25, -0.2) is 4.79 Å². The molecule has 1 aromatic heterocycles. The zero-order valence-corrected chi connectivity index (χ0v) is 13.0. The van der Waals surface area contributed by atoms with Gasteiger partial charge < -0.3 is 10.4 Å². The van der Waals surface area contributed by atoms with E-state index in [0.717, 1.165) is 15.3 Å². The van der Waals surface area contributed by atoms with Crippen LogP contribution in [0.5, 0.6) is 0 Å². The first kappa shape index (κ1) is 15.3. The summed E-state index contributed by atoms with van der Waals surface area (Å²) in [6.07, 6.45) is 0.300. The first-order valence-corrected chi connectivity index (χ1v) is 7.38. The summed E-state index contributed by atoms with van der Waals surface area (Å²) in [6.45, 7) is 5.59. The molecule has 2 N–H and O–H groups in total. The molecule has 0 saturated heterocycles. The molecule has 4 nitrogen and oxygen atoms in total. The summed E-state index contributed by atoms with van der Waals surface area (Å²) in [5.74, 6) is -1.13. The molecule has 1 aromatic carbocycles. The topological polar surface area (TPSA) is 66.4 Å². The van der Waals surface area contributed by atoms with Gasteiger partial charge in [-0.3, -0.25) is 4.79 Å². The van der Waals surface area contributed by atoms with E-state index < -0.39 is 5.97 Å². The average molecular weight is 303 g/mol. The van der Waals surface area contributed by atoms with Gasteiger partial charge in [-0.15, -0.1) is 11.3 Å². The van der Waals surface area contributed by atoms with Crippen molar-refractivity contribution < 1.29 is 14.7 Å². The van der Waals surface area contributed by atoms with Crippen molar-refractivity contribution in [2.45, 2.75) is 27.2 Å². The molecule has 0 saturated carbocycles. The van der Waals surface area contributed by atoms with Crippen LogP contribution in [-0.2, 0) is 11.2 Å². The second-order valence-electron chi connectivity index (χ2n) is 5.02. The second-order valence-corrected chi connectivity index (χ2v) is 6.40. The van der Waals surface area contributed by atoms with Crippen molar-refractivity contribution in [1.82, 2.24) is 0 Å². The number of anilines is 1. The zero-order valence-electron chi connectivity index (χ0n) is 12.2. The molecule has 1 amide bonds. The number of rotatable bonds is 4. The Balaban J connectivity index is 2.17. The van der Waals surface area contributed by atoms with Gasteiger partial charge in [0, 0.05) is 15.4 Å². The number of aromatic carboxylic acids is 1. The van der Waals surface area contributed by atoms with Crippen LogP contribution in [-0.4, -0.2) is 17.0 Å². The van der Waals surface area contributed by atoms with Crippen LogP contribution in [0.2, 0.25) is 0 Å². The molecule has 0 aliphatic heterocycles. The van der Waals surface area contributed by atoms with E-state index in [4.69, 9.17) is 5.11 Å². The van der Waals surface area contributed by atoms with E-state index in [1.807, 2.05) is 26.0 Å². The van der Waals surface area contributed by atoms with Crippen molar-refractivity contribution in [1.29, 1.82) is 0 Å². The summed E-state index contributed by atoms with van der Waals surface area (Å²) < 4.78 is 0. The Morgan fingerprint density at radius 2 is 1.86 bits per heavy atom. The third-order valence-electron chi connectivity index (χ3n) is 3.21. The number of nitrogens with one attached hydrogen (secondary N) is 1. The van der Waals surface area contributed by atoms with E-state index in [1.165, 1.54) is 6.07 Å². The van der Waals surface area contributed by atoms with Gasteiger partial charge in [0.05, 0.1) is 12.0 Å². The molecular weight excluding hydrogens is 286 g/mol. The lowest BCUT2D eigenvalue weighted by molar-refractivity contribution is -0.115. The number of carboxylic acids is 1. The number of amides is 1. The summed E-state index contributed by atoms with van der Waals surface area (Å²) in [4.78, 5) is 25.4. The number of carboxylic acid groups (broad SMARTS) is 1. The van der Waals surface area contributed by atoms with E-state index in [0.29, 0.717) is 17.7 Å². The van der Waals surface area contributed by atoms with Crippen molar-refractivity contribution in [2.24, 2.45) is 0 Å². The van der Waals surface area contributed by atoms with Crippen molar-refractivity contribution in [3.05, 3.63) is 50.7 Å². The minimum atomic E-state index is -0.989. The molecule has 0 radical (unpaired) electrons. The summed E-state index contributed by atoms with van der Waals surface area (Å²) >= 11 is 1.59. The number of benzene rings is 1. The lowest BCUT2D eigenvalue weighted by Gasteiger charge is -2.11. The number of carbonyl (C=O) groups excluding carboxylic acids is 1. The van der Waals surface area contributed by atoms with Crippen LogP contribution in [0, 0.1) is 20.8 Å². The van der Waals surface area contributed by atoms with Crippen LogP contribution in [0.3, 0.4) is 0 Å². The summed E-state index contributed by atoms with van der Waals surface area (Å²) in [5.41, 5.74) is 2.30. The lowest BCUT2D eigenvalue weighted by Crippen LogP contribution is -2.15. The van der Waals surface area contributed by atoms with Gasteiger partial charge in [-0.1, -0.05) is 6.07 Å². The fraction of sp³-hybridized carbons (Fsp3) is 0.250. The zero-order chi connectivity index (χ0) is 15.6. The first-order chi connectivity index (χ1) is 9.86. The number of hydrogen-bond acceptors (Lipinski definition) is 3. The SMILES string of the molecule is Cc1ccc(CC(=O)Nc2cc(C(=O)O)c(C)cc2C)s1. The van der Waals surface area contributed by atoms with E-state index >= 15 is 0 Å². The van der Waals surface area contributed by atoms with Gasteiger partial charge >= 0.3 is 5.97 Å². The summed E-state index contributed by atoms with van der Waals surface area (Å²) in [7, 11) is 0. The molecule has 5 heteroatoms. The van der Waals surface area contributed by atoms with E-state index in [-0.39, 0.29) is 11.5 Å². The van der Waals surface area contributed by atoms with Crippen LogP contribution in [0.25, 0.3) is 0 Å². The fourth-order valence-corrected chi connectivity index (χ4v) is 3.04. The molecule has 21 heavy (non-hydrogen) atoms. The number of carbonyl (C=O) groups is 2. The molecule has 0 aliphatic carbocycles. The maximum Gasteiger partial charge on any atom is 0.336 e. The Labute approximate surface area is 127 Å². The van der Waals surface area contributed by atoms with Crippen molar-refractivity contribution in [3.8, 4) is 0 Å². The quantitative estimate of drug-likeness (QED) is 0.907. The van der Waals surface area contributed by atoms with Crippen molar-refractivity contribution in [2.75, 3.05) is 5.32 Å². The molecule has 2 rings (SSSR count). The smallest absolute Gasteiger partial charge is 0.336 e. The van der Waals surface area contributed by atoms with Gasteiger partial charge in [0.25, 0.3) is 0 Å². The second kappa shape index (κ2) is 6.10. The Bertz CT molecular complexity index is 704. The highest BCUT2D eigenvalue weighted by Crippen LogP contribution is 2.22. The molecule has 1 heterocycles. The molecule has 0 unspecified atom stereocenters. The maximum absolute atomic E-state index is 12.1. The van der Waals surface area contributed by atoms with Crippen LogP contribution in [0.1, 0.15) is 31.2 Å². The molecular formula is C16H17NO3S. The first-order valence-electron chi connectivity index (χ1n) is 6.56. The summed E-state index contributed by atoms with van der Waals surface area (Å²) in [6, 6.07) is 7.20. The summed E-state index contributed by atoms with van der Waals surface area (Å²) in [5, 5.41) is 11.9. The highest BCUT2D eigenvalue weighted by molar-refractivity contribution is 7.12. The maximum atomic E-state index is 12.1. The monoisotopic (exact) mass is 303 g/mol. The molecule has 110 valence electrons. The minimum Gasteiger partial charge on any atom is -0.478 e. The van der Waals surface area contributed by atoms with Crippen molar-refractivity contribution in [3.63, 3.8) is 0 Å². The Morgan fingerprint density at radius 3 is 2.43 bits per heavy atom. The Hall–Kier alpha value is -2.14. The van der Waals surface area contributed by atoms with Crippen LogP contribution in [0.4, 0.5) is 5.69 Å². The van der Waals surface area contributed by atoms with Crippen LogP contribution >= 0.6 is 11.3 Å². The van der Waals surface area contributed by atoms with E-state index in [2.05, 4.69) is 5.32 Å². The van der Waals surface area contributed by atoms with Crippen LogP contribution in [0.15, 0.2) is 24.3 Å². The van der Waals surface area contributed by atoms with Gasteiger partial charge in [0.1, 0.15) is 0 Å². The third-order valence-corrected chi connectivity index (χ3v) is 4.21. The molecule has 0 fully saturated rings. The number of hydrogen-bond donors (Lipinski definition) is 2. The van der Waals surface area contributed by atoms with Gasteiger partial charge in [0.2, 0.25) is 5.91 Å². The Morgan fingerprint density at radius 1 is 1.14 bits per heavy atom. The fourth-order valence-electron chi connectivity index (χ4n) is 2.15. The predicted molar refractivity (Wildman–Crippen MR) is 84.3 cm³/mol. The standard InChI is InChI=1S/C16H17NO3S/c1-9-6-10(2)14(8-13(9)16(19)20)17-15(18)7-12-5-4-11(3)21-12/h4-6,8H,7H2,1-3H3,(H,17,18)(H,19,20). The highest BCUT2D eigenvalue weighted by atomic mass is 32.1. The average Bonchev–Trinajstić information content (AvgIpc) is 2.77. The molecule has 0 aliphatic rings. The van der Waals surface area contributed by atoms with E-state index in [9.17, 15) is 9.59 Å². The van der Waals surface area contributed by atoms with Gasteiger partial charge in [-0.05, 0) is 50.1 Å². The molecule has 2 aromatic rings.